The fourth-order valence-electron chi connectivity index (χ4n) is 1.72. The summed E-state index contributed by atoms with van der Waals surface area (Å²) in [4.78, 5) is 11.2. The van der Waals surface area contributed by atoms with Crippen LogP contribution in [0.25, 0.3) is 0 Å². The number of thioether (sulfide) groups is 1. The highest BCUT2D eigenvalue weighted by Crippen LogP contribution is 2.21. The van der Waals surface area contributed by atoms with Gasteiger partial charge in [-0.2, -0.15) is 0 Å². The molecule has 0 spiro atoms. The maximum atomic E-state index is 11.2. The monoisotopic (exact) mass is 267 g/mol. The molecule has 2 N–H and O–H groups in total. The van der Waals surface area contributed by atoms with E-state index in [1.165, 1.54) is 22.9 Å². The molecule has 0 amide bonds. The number of rotatable bonds is 6. The fraction of sp³-hybridized carbons (Fsp3) is 0.500. The molecule has 1 aromatic rings. The zero-order chi connectivity index (χ0) is 13.5. The van der Waals surface area contributed by atoms with Gasteiger partial charge in [0.25, 0.3) is 0 Å². The standard InChI is InChI=1S/C14H21NO2S/c1-4-17-14(16)9-18-8-13(15)12-7-10(2)5-6-11(12)3/h5-7,13H,4,8-9,15H2,1-3H3. The number of carbonyl (C=O) groups is 1. The van der Waals surface area contributed by atoms with E-state index < -0.39 is 0 Å². The number of nitrogens with two attached hydrogens (primary N) is 1. The average Bonchev–Trinajstić information content (AvgIpc) is 2.32. The topological polar surface area (TPSA) is 52.3 Å². The van der Waals surface area contributed by atoms with Gasteiger partial charge in [0, 0.05) is 11.8 Å². The third kappa shape index (κ3) is 4.70. The van der Waals surface area contributed by atoms with Crippen LogP contribution in [-0.4, -0.2) is 24.1 Å². The highest BCUT2D eigenvalue weighted by molar-refractivity contribution is 7.99. The van der Waals surface area contributed by atoms with Gasteiger partial charge in [-0.15, -0.1) is 11.8 Å². The van der Waals surface area contributed by atoms with Gasteiger partial charge in [0.1, 0.15) is 0 Å². The molecular formula is C14H21NO2S. The zero-order valence-corrected chi connectivity index (χ0v) is 12.0. The molecule has 0 radical (unpaired) electrons. The van der Waals surface area contributed by atoms with E-state index in [0.29, 0.717) is 12.4 Å². The molecule has 100 valence electrons. The van der Waals surface area contributed by atoms with E-state index in [0.717, 1.165) is 11.3 Å². The van der Waals surface area contributed by atoms with Gasteiger partial charge in [-0.05, 0) is 31.9 Å². The van der Waals surface area contributed by atoms with E-state index in [1.54, 1.807) is 0 Å². The van der Waals surface area contributed by atoms with Crippen molar-refractivity contribution < 1.29 is 9.53 Å². The van der Waals surface area contributed by atoms with Crippen molar-refractivity contribution in [3.8, 4) is 0 Å². The van der Waals surface area contributed by atoms with Gasteiger partial charge < -0.3 is 10.5 Å². The molecule has 3 nitrogen and oxygen atoms in total. The minimum Gasteiger partial charge on any atom is -0.465 e. The number of benzene rings is 1. The Morgan fingerprint density at radius 1 is 1.44 bits per heavy atom. The molecule has 18 heavy (non-hydrogen) atoms. The third-order valence-corrected chi connectivity index (χ3v) is 3.69. The second-order valence-electron chi connectivity index (χ2n) is 4.29. The lowest BCUT2D eigenvalue weighted by Gasteiger charge is -2.15. The van der Waals surface area contributed by atoms with Crippen molar-refractivity contribution in [1.29, 1.82) is 0 Å². The number of hydrogen-bond acceptors (Lipinski definition) is 4. The van der Waals surface area contributed by atoms with Crippen molar-refractivity contribution in [1.82, 2.24) is 0 Å². The van der Waals surface area contributed by atoms with Gasteiger partial charge in [0.15, 0.2) is 0 Å². The summed E-state index contributed by atoms with van der Waals surface area (Å²) in [5, 5.41) is 0. The Morgan fingerprint density at radius 3 is 2.83 bits per heavy atom. The van der Waals surface area contributed by atoms with Crippen LogP contribution in [0.5, 0.6) is 0 Å². The smallest absolute Gasteiger partial charge is 0.315 e. The summed E-state index contributed by atoms with van der Waals surface area (Å²) in [6.45, 7) is 6.36. The van der Waals surface area contributed by atoms with Crippen molar-refractivity contribution in [2.24, 2.45) is 5.73 Å². The molecule has 1 unspecified atom stereocenters. The molecule has 1 rings (SSSR count). The molecule has 0 aliphatic carbocycles. The first-order valence-corrected chi connectivity index (χ1v) is 7.26. The van der Waals surface area contributed by atoms with E-state index in [2.05, 4.69) is 32.0 Å². The Kier molecular flexibility index (Phi) is 6.22. The summed E-state index contributed by atoms with van der Waals surface area (Å²) in [5.74, 6) is 0.922. The number of carbonyl (C=O) groups excluding carboxylic acids is 1. The number of hydrogen-bond donors (Lipinski definition) is 1. The SMILES string of the molecule is CCOC(=O)CSCC(N)c1cc(C)ccc1C. The third-order valence-electron chi connectivity index (χ3n) is 2.66. The maximum Gasteiger partial charge on any atom is 0.315 e. The Bertz CT molecular complexity index is 407. The molecule has 0 aliphatic heterocycles. The first-order chi connectivity index (χ1) is 8.54. The molecule has 0 saturated carbocycles. The van der Waals surface area contributed by atoms with Gasteiger partial charge in [-0.25, -0.2) is 0 Å². The van der Waals surface area contributed by atoms with Crippen molar-refractivity contribution in [2.45, 2.75) is 26.8 Å². The number of ether oxygens (including phenoxy) is 1. The minimum atomic E-state index is -0.171. The number of esters is 1. The average molecular weight is 267 g/mol. The van der Waals surface area contributed by atoms with Crippen LogP contribution in [0, 0.1) is 13.8 Å². The van der Waals surface area contributed by atoms with Gasteiger partial charge in [-0.1, -0.05) is 23.8 Å². The lowest BCUT2D eigenvalue weighted by Crippen LogP contribution is -2.16. The van der Waals surface area contributed by atoms with E-state index >= 15 is 0 Å². The van der Waals surface area contributed by atoms with Crippen LogP contribution < -0.4 is 5.73 Å². The Morgan fingerprint density at radius 2 is 2.17 bits per heavy atom. The predicted octanol–water partition coefficient (Wildman–Crippen LogP) is 2.60. The second kappa shape index (κ2) is 7.44. The quantitative estimate of drug-likeness (QED) is 0.805. The normalized spacial score (nSPS) is 12.2. The largest absolute Gasteiger partial charge is 0.465 e. The van der Waals surface area contributed by atoms with Crippen molar-refractivity contribution in [3.05, 3.63) is 34.9 Å². The van der Waals surface area contributed by atoms with Crippen LogP contribution in [0.3, 0.4) is 0 Å². The molecular weight excluding hydrogens is 246 g/mol. The molecule has 1 atom stereocenters. The van der Waals surface area contributed by atoms with E-state index in [-0.39, 0.29) is 12.0 Å². The van der Waals surface area contributed by atoms with Crippen LogP contribution in [0.1, 0.15) is 29.7 Å². The summed E-state index contributed by atoms with van der Waals surface area (Å²) in [7, 11) is 0. The highest BCUT2D eigenvalue weighted by Gasteiger charge is 2.10. The number of aryl methyl sites for hydroxylation is 2. The van der Waals surface area contributed by atoms with Crippen LogP contribution in [0.2, 0.25) is 0 Å². The van der Waals surface area contributed by atoms with Crippen molar-refractivity contribution in [3.63, 3.8) is 0 Å². The Balaban J connectivity index is 2.47. The van der Waals surface area contributed by atoms with Crippen LogP contribution in [0.15, 0.2) is 18.2 Å². The highest BCUT2D eigenvalue weighted by atomic mass is 32.2. The van der Waals surface area contributed by atoms with E-state index in [9.17, 15) is 4.79 Å². The van der Waals surface area contributed by atoms with E-state index in [4.69, 9.17) is 10.5 Å². The van der Waals surface area contributed by atoms with Crippen molar-refractivity contribution in [2.75, 3.05) is 18.1 Å². The molecule has 0 aliphatic rings. The summed E-state index contributed by atoms with van der Waals surface area (Å²) in [5.41, 5.74) is 9.72. The summed E-state index contributed by atoms with van der Waals surface area (Å²) in [6, 6.07) is 6.24. The van der Waals surface area contributed by atoms with Gasteiger partial charge >= 0.3 is 5.97 Å². The first kappa shape index (κ1) is 15.1. The maximum absolute atomic E-state index is 11.2. The first-order valence-electron chi connectivity index (χ1n) is 6.10. The minimum absolute atomic E-state index is 0.0377. The van der Waals surface area contributed by atoms with Gasteiger partial charge in [0.05, 0.1) is 12.4 Å². The Labute approximate surface area is 113 Å². The lowest BCUT2D eigenvalue weighted by molar-refractivity contribution is -0.139. The van der Waals surface area contributed by atoms with E-state index in [1.807, 2.05) is 6.92 Å². The van der Waals surface area contributed by atoms with Crippen molar-refractivity contribution >= 4 is 17.7 Å². The molecule has 1 aromatic carbocycles. The summed E-state index contributed by atoms with van der Waals surface area (Å²) < 4.78 is 4.87. The Hall–Kier alpha value is -1.00. The fourth-order valence-corrected chi connectivity index (χ4v) is 2.52. The molecule has 0 aromatic heterocycles. The molecule has 0 heterocycles. The molecule has 0 bridgehead atoms. The summed E-state index contributed by atoms with van der Waals surface area (Å²) >= 11 is 1.52. The zero-order valence-electron chi connectivity index (χ0n) is 11.2. The van der Waals surface area contributed by atoms with Gasteiger partial charge in [-0.3, -0.25) is 4.79 Å². The predicted molar refractivity (Wildman–Crippen MR) is 76.8 cm³/mol. The van der Waals surface area contributed by atoms with Crippen LogP contribution in [0.4, 0.5) is 0 Å². The van der Waals surface area contributed by atoms with Gasteiger partial charge in [0.2, 0.25) is 0 Å². The van der Waals surface area contributed by atoms with Crippen LogP contribution >= 0.6 is 11.8 Å². The lowest BCUT2D eigenvalue weighted by atomic mass is 10.0. The summed E-state index contributed by atoms with van der Waals surface area (Å²) in [6.07, 6.45) is 0. The molecule has 4 heteroatoms. The van der Waals surface area contributed by atoms with Crippen LogP contribution in [-0.2, 0) is 9.53 Å². The molecule has 0 fully saturated rings. The second-order valence-corrected chi connectivity index (χ2v) is 5.32. The molecule has 0 saturated heterocycles.